The standard InChI is InChI=1S/C22H30N4O/c27-22(21-12-14-26(25-21)19-10-6-13-23-16-19)24-20-11-5-4-9-18(20)15-17-7-2-1-3-8-17/h1-3,7-8,12,14,18-20,23H,4-6,9-11,13,15-16H2,(H,24,27). The van der Waals surface area contributed by atoms with Crippen LogP contribution in [0.2, 0.25) is 0 Å². The van der Waals surface area contributed by atoms with Crippen LogP contribution in [0.3, 0.4) is 0 Å². The highest BCUT2D eigenvalue weighted by atomic mass is 16.2. The van der Waals surface area contributed by atoms with Crippen LogP contribution in [0.15, 0.2) is 42.6 Å². The van der Waals surface area contributed by atoms with Crippen LogP contribution in [0.25, 0.3) is 0 Å². The van der Waals surface area contributed by atoms with Crippen molar-refractivity contribution in [1.29, 1.82) is 0 Å². The van der Waals surface area contributed by atoms with Crippen LogP contribution in [0.1, 0.15) is 60.6 Å². The molecule has 2 N–H and O–H groups in total. The van der Waals surface area contributed by atoms with Gasteiger partial charge in [0.2, 0.25) is 0 Å². The first-order valence-electron chi connectivity index (χ1n) is 10.4. The second-order valence-corrected chi connectivity index (χ2v) is 8.00. The maximum atomic E-state index is 12.8. The molecule has 0 radical (unpaired) electrons. The van der Waals surface area contributed by atoms with Crippen molar-refractivity contribution in [2.45, 2.75) is 57.0 Å². The molecule has 3 atom stereocenters. The summed E-state index contributed by atoms with van der Waals surface area (Å²) in [6.07, 6.45) is 9.97. The monoisotopic (exact) mass is 366 g/mol. The van der Waals surface area contributed by atoms with E-state index in [0.717, 1.165) is 38.8 Å². The molecule has 1 aliphatic heterocycles. The number of carbonyl (C=O) groups is 1. The van der Waals surface area contributed by atoms with Crippen molar-refractivity contribution >= 4 is 5.91 Å². The lowest BCUT2D eigenvalue weighted by Crippen LogP contribution is -2.43. The topological polar surface area (TPSA) is 59.0 Å². The molecule has 5 nitrogen and oxygen atoms in total. The van der Waals surface area contributed by atoms with Crippen LogP contribution >= 0.6 is 0 Å². The first-order chi connectivity index (χ1) is 13.3. The molecular weight excluding hydrogens is 336 g/mol. The van der Waals surface area contributed by atoms with Crippen molar-refractivity contribution in [3.8, 4) is 0 Å². The lowest BCUT2D eigenvalue weighted by Gasteiger charge is -2.32. The summed E-state index contributed by atoms with van der Waals surface area (Å²) in [6, 6.07) is 13.1. The summed E-state index contributed by atoms with van der Waals surface area (Å²) >= 11 is 0. The van der Waals surface area contributed by atoms with E-state index in [1.807, 2.05) is 16.9 Å². The van der Waals surface area contributed by atoms with Gasteiger partial charge in [-0.25, -0.2) is 0 Å². The number of nitrogens with one attached hydrogen (secondary N) is 2. The molecule has 1 saturated heterocycles. The first-order valence-corrected chi connectivity index (χ1v) is 10.4. The van der Waals surface area contributed by atoms with E-state index in [0.29, 0.717) is 17.7 Å². The Morgan fingerprint density at radius 1 is 1.11 bits per heavy atom. The minimum Gasteiger partial charge on any atom is -0.348 e. The fourth-order valence-electron chi connectivity index (χ4n) is 4.52. The number of benzene rings is 1. The first kappa shape index (κ1) is 18.2. The van der Waals surface area contributed by atoms with Crippen LogP contribution in [-0.4, -0.2) is 34.8 Å². The zero-order valence-corrected chi connectivity index (χ0v) is 15.9. The normalized spacial score (nSPS) is 25.9. The quantitative estimate of drug-likeness (QED) is 0.853. The van der Waals surface area contributed by atoms with Crippen LogP contribution in [-0.2, 0) is 6.42 Å². The fraction of sp³-hybridized carbons (Fsp3) is 0.545. The number of rotatable bonds is 5. The molecule has 2 aromatic rings. The minimum absolute atomic E-state index is 0.0255. The van der Waals surface area contributed by atoms with E-state index >= 15 is 0 Å². The van der Waals surface area contributed by atoms with Crippen molar-refractivity contribution in [3.05, 3.63) is 53.9 Å². The molecule has 1 aliphatic carbocycles. The van der Waals surface area contributed by atoms with E-state index in [2.05, 4.69) is 46.1 Å². The Kier molecular flexibility index (Phi) is 5.87. The molecule has 0 bridgehead atoms. The van der Waals surface area contributed by atoms with E-state index in [9.17, 15) is 4.79 Å². The Bertz CT molecular complexity index is 736. The van der Waals surface area contributed by atoms with Crippen LogP contribution in [0.4, 0.5) is 0 Å². The van der Waals surface area contributed by atoms with Crippen LogP contribution < -0.4 is 10.6 Å². The summed E-state index contributed by atoms with van der Waals surface area (Å²) in [5.41, 5.74) is 1.90. The van der Waals surface area contributed by atoms with E-state index in [1.54, 1.807) is 0 Å². The number of carbonyl (C=O) groups excluding carboxylic acids is 1. The third-order valence-electron chi connectivity index (χ3n) is 6.05. The third kappa shape index (κ3) is 4.59. The average molecular weight is 367 g/mol. The lowest BCUT2D eigenvalue weighted by atomic mass is 9.80. The zero-order chi connectivity index (χ0) is 18.5. The SMILES string of the molecule is O=C(NC1CCCCC1Cc1ccccc1)c1ccn(C2CCCNC2)n1. The van der Waals surface area contributed by atoms with E-state index < -0.39 is 0 Å². The van der Waals surface area contributed by atoms with E-state index in [4.69, 9.17) is 0 Å². The third-order valence-corrected chi connectivity index (χ3v) is 6.05. The Morgan fingerprint density at radius 3 is 2.78 bits per heavy atom. The Hall–Kier alpha value is -2.14. The number of hydrogen-bond acceptors (Lipinski definition) is 3. The van der Waals surface area contributed by atoms with Gasteiger partial charge in [-0.2, -0.15) is 5.10 Å². The molecule has 2 fully saturated rings. The summed E-state index contributed by atoms with van der Waals surface area (Å²) in [5, 5.41) is 11.3. The van der Waals surface area contributed by atoms with Gasteiger partial charge in [0.05, 0.1) is 6.04 Å². The van der Waals surface area contributed by atoms with Gasteiger partial charge in [0.1, 0.15) is 5.69 Å². The van der Waals surface area contributed by atoms with Gasteiger partial charge in [-0.05, 0) is 56.2 Å². The second-order valence-electron chi connectivity index (χ2n) is 8.00. The van der Waals surface area contributed by atoms with Gasteiger partial charge in [0.25, 0.3) is 5.91 Å². The van der Waals surface area contributed by atoms with Crippen molar-refractivity contribution in [1.82, 2.24) is 20.4 Å². The molecule has 1 amide bonds. The summed E-state index contributed by atoms with van der Waals surface area (Å²) in [7, 11) is 0. The van der Waals surface area contributed by atoms with Crippen molar-refractivity contribution in [2.24, 2.45) is 5.92 Å². The Morgan fingerprint density at radius 2 is 1.96 bits per heavy atom. The molecular formula is C22H30N4O. The van der Waals surface area contributed by atoms with Gasteiger partial charge >= 0.3 is 0 Å². The maximum absolute atomic E-state index is 12.8. The van der Waals surface area contributed by atoms with Gasteiger partial charge in [0, 0.05) is 18.8 Å². The van der Waals surface area contributed by atoms with Crippen molar-refractivity contribution < 1.29 is 4.79 Å². The van der Waals surface area contributed by atoms with Crippen molar-refractivity contribution in [3.63, 3.8) is 0 Å². The van der Waals surface area contributed by atoms with Crippen LogP contribution in [0.5, 0.6) is 0 Å². The molecule has 27 heavy (non-hydrogen) atoms. The summed E-state index contributed by atoms with van der Waals surface area (Å²) in [6.45, 7) is 2.01. The molecule has 4 rings (SSSR count). The number of hydrogen-bond donors (Lipinski definition) is 2. The average Bonchev–Trinajstić information content (AvgIpc) is 3.21. The second kappa shape index (κ2) is 8.70. The van der Waals surface area contributed by atoms with Gasteiger partial charge in [-0.1, -0.05) is 43.2 Å². The molecule has 1 aromatic carbocycles. The molecule has 144 valence electrons. The van der Waals surface area contributed by atoms with Gasteiger partial charge < -0.3 is 10.6 Å². The largest absolute Gasteiger partial charge is 0.348 e. The molecule has 5 heteroatoms. The molecule has 2 heterocycles. The highest BCUT2D eigenvalue weighted by Crippen LogP contribution is 2.28. The Labute approximate surface area is 161 Å². The van der Waals surface area contributed by atoms with Gasteiger partial charge in [0.15, 0.2) is 0 Å². The molecule has 3 unspecified atom stereocenters. The molecule has 2 aliphatic rings. The molecule has 1 saturated carbocycles. The highest BCUT2D eigenvalue weighted by Gasteiger charge is 2.28. The fourth-order valence-corrected chi connectivity index (χ4v) is 4.52. The predicted octanol–water partition coefficient (Wildman–Crippen LogP) is 3.34. The van der Waals surface area contributed by atoms with Gasteiger partial charge in [-0.15, -0.1) is 0 Å². The lowest BCUT2D eigenvalue weighted by molar-refractivity contribution is 0.0899. The van der Waals surface area contributed by atoms with E-state index in [-0.39, 0.29) is 11.9 Å². The number of aromatic nitrogens is 2. The summed E-state index contributed by atoms with van der Waals surface area (Å²) < 4.78 is 1.96. The molecule has 1 aromatic heterocycles. The molecule has 0 spiro atoms. The summed E-state index contributed by atoms with van der Waals surface area (Å²) in [4.78, 5) is 12.8. The van der Waals surface area contributed by atoms with E-state index in [1.165, 1.54) is 24.8 Å². The highest BCUT2D eigenvalue weighted by molar-refractivity contribution is 5.92. The number of nitrogens with zero attached hydrogens (tertiary/aromatic N) is 2. The maximum Gasteiger partial charge on any atom is 0.272 e. The predicted molar refractivity (Wildman–Crippen MR) is 107 cm³/mol. The van der Waals surface area contributed by atoms with Crippen molar-refractivity contribution in [2.75, 3.05) is 13.1 Å². The summed E-state index contributed by atoms with van der Waals surface area (Å²) in [5.74, 6) is 0.484. The Balaban J connectivity index is 1.39. The number of piperidine rings is 1. The minimum atomic E-state index is -0.0255. The number of amides is 1. The van der Waals surface area contributed by atoms with Gasteiger partial charge in [-0.3, -0.25) is 9.48 Å². The smallest absolute Gasteiger partial charge is 0.272 e. The zero-order valence-electron chi connectivity index (χ0n) is 15.9. The van der Waals surface area contributed by atoms with Crippen LogP contribution in [0, 0.1) is 5.92 Å².